The minimum absolute atomic E-state index is 0. The Hall–Kier alpha value is -0.620. The molecule has 0 radical (unpaired) electrons. The minimum Gasteiger partial charge on any atom is -0.378 e. The van der Waals surface area contributed by atoms with Crippen molar-refractivity contribution in [2.24, 2.45) is 10.9 Å². The summed E-state index contributed by atoms with van der Waals surface area (Å²) in [7, 11) is -1.91. The number of sulfonamides is 1. The largest absolute Gasteiger partial charge is 0.378 e. The zero-order chi connectivity index (χ0) is 20.3. The Labute approximate surface area is 191 Å². The maximum atomic E-state index is 12.2. The van der Waals surface area contributed by atoms with Crippen molar-refractivity contribution in [1.82, 2.24) is 15.4 Å². The zero-order valence-corrected chi connectivity index (χ0v) is 20.8. The predicted octanol–water partition coefficient (Wildman–Crippen LogP) is 2.85. The van der Waals surface area contributed by atoms with Crippen molar-refractivity contribution >= 4 is 51.6 Å². The molecule has 3 N–H and O–H groups in total. The van der Waals surface area contributed by atoms with E-state index < -0.39 is 10.0 Å². The molecule has 0 amide bonds. The van der Waals surface area contributed by atoms with E-state index >= 15 is 0 Å². The van der Waals surface area contributed by atoms with Gasteiger partial charge in [0.05, 0.1) is 11.0 Å². The number of guanidine groups is 1. The smallest absolute Gasteiger partial charge is 0.240 e. The summed E-state index contributed by atoms with van der Waals surface area (Å²) in [5.41, 5.74) is 0. The highest BCUT2D eigenvalue weighted by molar-refractivity contribution is 14.0. The number of hydrogen-bond acceptors (Lipinski definition) is 4. The second-order valence-electron chi connectivity index (χ2n) is 6.31. The van der Waals surface area contributed by atoms with Crippen LogP contribution in [0.15, 0.2) is 34.2 Å². The molecule has 0 saturated carbocycles. The first-order valence-electron chi connectivity index (χ1n) is 9.11. The van der Waals surface area contributed by atoms with Crippen molar-refractivity contribution in [3.63, 3.8) is 0 Å². The van der Waals surface area contributed by atoms with Gasteiger partial charge in [0.2, 0.25) is 10.0 Å². The highest BCUT2D eigenvalue weighted by Gasteiger charge is 2.14. The van der Waals surface area contributed by atoms with Crippen LogP contribution in [0.1, 0.15) is 27.2 Å². The molecule has 0 bridgehead atoms. The van der Waals surface area contributed by atoms with E-state index in [-0.39, 0.29) is 41.5 Å². The van der Waals surface area contributed by atoms with Crippen LogP contribution < -0.4 is 15.4 Å². The second kappa shape index (κ2) is 14.4. The Balaban J connectivity index is 0.00000729. The normalized spacial score (nSPS) is 13.1. The Morgan fingerprint density at radius 1 is 1.21 bits per heavy atom. The first kappa shape index (κ1) is 27.4. The van der Waals surface area contributed by atoms with Crippen molar-refractivity contribution in [2.75, 3.05) is 33.3 Å². The highest BCUT2D eigenvalue weighted by Crippen LogP contribution is 2.14. The Morgan fingerprint density at radius 2 is 1.89 bits per heavy atom. The lowest BCUT2D eigenvalue weighted by Gasteiger charge is -2.21. The molecule has 0 aliphatic heterocycles. The Kier molecular flexibility index (Phi) is 14.1. The quantitative estimate of drug-likeness (QED) is 0.172. The summed E-state index contributed by atoms with van der Waals surface area (Å²) in [6.45, 7) is 8.31. The first-order valence-corrected chi connectivity index (χ1v) is 11.0. The molecule has 28 heavy (non-hydrogen) atoms. The third-order valence-corrected chi connectivity index (χ3v) is 5.58. The molecule has 0 fully saturated rings. The Morgan fingerprint density at radius 3 is 2.46 bits per heavy atom. The molecule has 0 aliphatic carbocycles. The molecular weight excluding hydrogens is 515 g/mol. The van der Waals surface area contributed by atoms with Crippen molar-refractivity contribution in [2.45, 2.75) is 38.2 Å². The predicted molar refractivity (Wildman–Crippen MR) is 126 cm³/mol. The lowest BCUT2D eigenvalue weighted by atomic mass is 10.0. The molecule has 0 spiro atoms. The monoisotopic (exact) mass is 546 g/mol. The van der Waals surface area contributed by atoms with Gasteiger partial charge in [0, 0.05) is 38.3 Å². The van der Waals surface area contributed by atoms with E-state index in [1.165, 1.54) is 12.1 Å². The molecule has 10 heteroatoms. The summed E-state index contributed by atoms with van der Waals surface area (Å²) < 4.78 is 32.7. The van der Waals surface area contributed by atoms with Crippen LogP contribution in [-0.2, 0) is 14.8 Å². The van der Waals surface area contributed by atoms with Gasteiger partial charge in [-0.2, -0.15) is 0 Å². The topological polar surface area (TPSA) is 91.8 Å². The first-order chi connectivity index (χ1) is 12.8. The van der Waals surface area contributed by atoms with Gasteiger partial charge in [0.15, 0.2) is 5.96 Å². The van der Waals surface area contributed by atoms with E-state index in [0.717, 1.165) is 13.0 Å². The minimum atomic E-state index is -3.58. The van der Waals surface area contributed by atoms with Crippen molar-refractivity contribution in [3.8, 4) is 0 Å². The van der Waals surface area contributed by atoms with E-state index in [1.807, 2.05) is 6.92 Å². The summed E-state index contributed by atoms with van der Waals surface area (Å²) in [4.78, 5) is 4.28. The van der Waals surface area contributed by atoms with Crippen molar-refractivity contribution in [3.05, 3.63) is 29.3 Å². The van der Waals surface area contributed by atoms with Crippen molar-refractivity contribution < 1.29 is 13.2 Å². The molecule has 0 aromatic heterocycles. The number of nitrogens with zero attached hydrogens (tertiary/aromatic N) is 1. The SMILES string of the molecule is CCOC(CCNC(=NC)NCCNS(=O)(=O)c1cccc(Cl)c1)C(C)C.I. The number of ether oxygens (including phenoxy) is 1. The van der Waals surface area contributed by atoms with E-state index in [4.69, 9.17) is 16.3 Å². The molecule has 162 valence electrons. The number of benzene rings is 1. The van der Waals surface area contributed by atoms with Gasteiger partial charge >= 0.3 is 0 Å². The van der Waals surface area contributed by atoms with Crippen LogP contribution in [0.3, 0.4) is 0 Å². The zero-order valence-electron chi connectivity index (χ0n) is 16.9. The number of rotatable bonds is 11. The van der Waals surface area contributed by atoms with Crippen LogP contribution in [0, 0.1) is 5.92 Å². The number of hydrogen-bond donors (Lipinski definition) is 3. The average Bonchev–Trinajstić information content (AvgIpc) is 2.62. The van der Waals surface area contributed by atoms with Gasteiger partial charge in [0.25, 0.3) is 0 Å². The second-order valence-corrected chi connectivity index (χ2v) is 8.51. The summed E-state index contributed by atoms with van der Waals surface area (Å²) in [6, 6.07) is 6.16. The van der Waals surface area contributed by atoms with Crippen LogP contribution in [-0.4, -0.2) is 53.8 Å². The standard InChI is InChI=1S/C18H31ClN4O3S.HI/c1-5-26-17(14(2)3)9-10-21-18(20-4)22-11-12-23-27(24,25)16-8-6-7-15(19)13-16;/h6-8,13-14,17,23H,5,9-12H2,1-4H3,(H2,20,21,22);1H. The van der Waals surface area contributed by atoms with Crippen LogP contribution >= 0.6 is 35.6 Å². The summed E-state index contributed by atoms with van der Waals surface area (Å²) in [5.74, 6) is 1.07. The number of aliphatic imine (C=N–C) groups is 1. The van der Waals surface area contributed by atoms with Crippen LogP contribution in [0.2, 0.25) is 5.02 Å². The molecule has 1 aromatic carbocycles. The van der Waals surface area contributed by atoms with E-state index in [9.17, 15) is 8.42 Å². The van der Waals surface area contributed by atoms with Crippen LogP contribution in [0.5, 0.6) is 0 Å². The van der Waals surface area contributed by atoms with E-state index in [0.29, 0.717) is 30.1 Å². The fourth-order valence-corrected chi connectivity index (χ4v) is 3.79. The molecule has 1 atom stereocenters. The fraction of sp³-hybridized carbons (Fsp3) is 0.611. The lowest BCUT2D eigenvalue weighted by molar-refractivity contribution is 0.0258. The van der Waals surface area contributed by atoms with Crippen LogP contribution in [0.4, 0.5) is 0 Å². The number of halogens is 2. The fourth-order valence-electron chi connectivity index (χ4n) is 2.46. The molecule has 1 unspecified atom stereocenters. The average molecular weight is 547 g/mol. The third kappa shape index (κ3) is 10.2. The van der Waals surface area contributed by atoms with Gasteiger partial charge in [-0.3, -0.25) is 4.99 Å². The van der Waals surface area contributed by atoms with Gasteiger partial charge < -0.3 is 15.4 Å². The maximum Gasteiger partial charge on any atom is 0.240 e. The lowest BCUT2D eigenvalue weighted by Crippen LogP contribution is -2.42. The molecule has 1 rings (SSSR count). The maximum absolute atomic E-state index is 12.2. The van der Waals surface area contributed by atoms with Gasteiger partial charge in [-0.25, -0.2) is 13.1 Å². The summed E-state index contributed by atoms with van der Waals surface area (Å²) >= 11 is 5.84. The van der Waals surface area contributed by atoms with E-state index in [1.54, 1.807) is 19.2 Å². The highest BCUT2D eigenvalue weighted by atomic mass is 127. The molecule has 0 heterocycles. The Bertz CT molecular complexity index is 702. The van der Waals surface area contributed by atoms with Gasteiger partial charge in [0.1, 0.15) is 0 Å². The van der Waals surface area contributed by atoms with Crippen LogP contribution in [0.25, 0.3) is 0 Å². The summed E-state index contributed by atoms with van der Waals surface area (Å²) in [5, 5.41) is 6.68. The molecular formula is C18H32ClIN4O3S. The van der Waals surface area contributed by atoms with Gasteiger partial charge in [-0.15, -0.1) is 24.0 Å². The summed E-state index contributed by atoms with van der Waals surface area (Å²) in [6.07, 6.45) is 1.07. The molecule has 0 aliphatic rings. The number of nitrogens with one attached hydrogen (secondary N) is 3. The molecule has 0 saturated heterocycles. The third-order valence-electron chi connectivity index (χ3n) is 3.89. The van der Waals surface area contributed by atoms with E-state index in [2.05, 4.69) is 34.2 Å². The van der Waals surface area contributed by atoms with Crippen molar-refractivity contribution in [1.29, 1.82) is 0 Å². The van der Waals surface area contributed by atoms with Gasteiger partial charge in [-0.05, 0) is 37.5 Å². The molecule has 7 nitrogen and oxygen atoms in total. The molecule has 1 aromatic rings. The van der Waals surface area contributed by atoms with Gasteiger partial charge in [-0.1, -0.05) is 31.5 Å².